The molecular weight excluding hydrogens is 338 g/mol. The van der Waals surface area contributed by atoms with Crippen molar-refractivity contribution in [2.45, 2.75) is 19.8 Å². The van der Waals surface area contributed by atoms with Gasteiger partial charge < -0.3 is 10.4 Å². The first-order valence-corrected chi connectivity index (χ1v) is 9.06. The highest BCUT2D eigenvalue weighted by Crippen LogP contribution is 2.34. The fourth-order valence-corrected chi connectivity index (χ4v) is 3.13. The van der Waals surface area contributed by atoms with Crippen LogP contribution in [0.15, 0.2) is 66.7 Å². The highest BCUT2D eigenvalue weighted by Gasteiger charge is 2.30. The zero-order valence-electron chi connectivity index (χ0n) is 15.6. The second kappa shape index (κ2) is 8.18. The van der Waals surface area contributed by atoms with E-state index in [0.29, 0.717) is 12.2 Å². The lowest BCUT2D eigenvalue weighted by Crippen LogP contribution is -2.37. The van der Waals surface area contributed by atoms with Crippen LogP contribution in [0.5, 0.6) is 0 Å². The maximum atomic E-state index is 12.6. The number of aliphatic hydroxyl groups is 1. The van der Waals surface area contributed by atoms with Crippen molar-refractivity contribution < 1.29 is 9.90 Å². The molecule has 3 rings (SSSR count). The minimum atomic E-state index is -0.363. The SMILES string of the molecule is CC(C)(CO)C(CNC(=O)c1cc(-c2ccccc2)n[nH]1)c1ccccc1. The van der Waals surface area contributed by atoms with Gasteiger partial charge in [0.05, 0.1) is 5.69 Å². The van der Waals surface area contributed by atoms with Crippen molar-refractivity contribution in [2.75, 3.05) is 13.2 Å². The van der Waals surface area contributed by atoms with Gasteiger partial charge in [-0.1, -0.05) is 74.5 Å². The lowest BCUT2D eigenvalue weighted by atomic mass is 9.75. The van der Waals surface area contributed by atoms with Gasteiger partial charge in [0.15, 0.2) is 0 Å². The summed E-state index contributed by atoms with van der Waals surface area (Å²) in [5.74, 6) is -0.219. The van der Waals surface area contributed by atoms with E-state index in [-0.39, 0.29) is 23.8 Å². The molecule has 0 bridgehead atoms. The van der Waals surface area contributed by atoms with Crippen molar-refractivity contribution in [3.8, 4) is 11.3 Å². The molecule has 0 aliphatic carbocycles. The van der Waals surface area contributed by atoms with E-state index in [1.54, 1.807) is 6.07 Å². The first kappa shape index (κ1) is 18.9. The molecule has 2 aromatic carbocycles. The topological polar surface area (TPSA) is 78.0 Å². The lowest BCUT2D eigenvalue weighted by molar-refractivity contribution is 0.0915. The summed E-state index contributed by atoms with van der Waals surface area (Å²) in [4.78, 5) is 12.6. The number of H-pyrrole nitrogens is 1. The average molecular weight is 363 g/mol. The van der Waals surface area contributed by atoms with Crippen LogP contribution in [0.3, 0.4) is 0 Å². The molecule has 0 aliphatic heterocycles. The molecule has 1 unspecified atom stereocenters. The predicted octanol–water partition coefficient (Wildman–Crippen LogP) is 3.61. The van der Waals surface area contributed by atoms with Crippen LogP contribution < -0.4 is 5.32 Å². The molecule has 1 aromatic heterocycles. The van der Waals surface area contributed by atoms with Crippen molar-refractivity contribution in [2.24, 2.45) is 5.41 Å². The Kier molecular flexibility index (Phi) is 5.72. The Morgan fingerprint density at radius 3 is 2.37 bits per heavy atom. The number of hydrogen-bond acceptors (Lipinski definition) is 3. The molecule has 0 radical (unpaired) electrons. The van der Waals surface area contributed by atoms with Crippen LogP contribution in [0.2, 0.25) is 0 Å². The number of carbonyl (C=O) groups excluding carboxylic acids is 1. The van der Waals surface area contributed by atoms with Gasteiger partial charge in [0.25, 0.3) is 5.91 Å². The van der Waals surface area contributed by atoms with Crippen LogP contribution in [0.25, 0.3) is 11.3 Å². The van der Waals surface area contributed by atoms with Gasteiger partial charge in [0.1, 0.15) is 5.69 Å². The summed E-state index contributed by atoms with van der Waals surface area (Å²) in [6.45, 7) is 4.46. The zero-order valence-corrected chi connectivity index (χ0v) is 15.6. The summed E-state index contributed by atoms with van der Waals surface area (Å²) in [6, 6.07) is 21.4. The molecule has 3 N–H and O–H groups in total. The minimum absolute atomic E-state index is 0.0100. The Morgan fingerprint density at radius 1 is 1.11 bits per heavy atom. The molecule has 0 saturated carbocycles. The molecule has 140 valence electrons. The predicted molar refractivity (Wildman–Crippen MR) is 106 cm³/mol. The Balaban J connectivity index is 1.72. The second-order valence-corrected chi connectivity index (χ2v) is 7.35. The summed E-state index contributed by atoms with van der Waals surface area (Å²) in [5, 5.41) is 19.8. The molecule has 27 heavy (non-hydrogen) atoms. The largest absolute Gasteiger partial charge is 0.396 e. The van der Waals surface area contributed by atoms with Crippen LogP contribution in [0.1, 0.15) is 35.8 Å². The highest BCUT2D eigenvalue weighted by molar-refractivity contribution is 5.93. The van der Waals surface area contributed by atoms with E-state index in [1.165, 1.54) is 0 Å². The first-order chi connectivity index (χ1) is 13.0. The van der Waals surface area contributed by atoms with E-state index in [4.69, 9.17) is 0 Å². The van der Waals surface area contributed by atoms with E-state index in [1.807, 2.05) is 74.5 Å². The number of aromatic nitrogens is 2. The maximum absolute atomic E-state index is 12.6. The third-order valence-electron chi connectivity index (χ3n) is 4.91. The monoisotopic (exact) mass is 363 g/mol. The summed E-state index contributed by atoms with van der Waals surface area (Å²) >= 11 is 0. The number of benzene rings is 2. The quantitative estimate of drug-likeness (QED) is 0.600. The molecule has 3 aromatic rings. The molecule has 1 heterocycles. The van der Waals surface area contributed by atoms with Crippen LogP contribution in [-0.4, -0.2) is 34.4 Å². The minimum Gasteiger partial charge on any atom is -0.396 e. The summed E-state index contributed by atoms with van der Waals surface area (Å²) in [6.07, 6.45) is 0. The third-order valence-corrected chi connectivity index (χ3v) is 4.91. The number of hydrogen-bond donors (Lipinski definition) is 3. The smallest absolute Gasteiger partial charge is 0.269 e. The van der Waals surface area contributed by atoms with Gasteiger partial charge in [-0.05, 0) is 17.0 Å². The van der Waals surface area contributed by atoms with Gasteiger partial charge in [-0.3, -0.25) is 9.89 Å². The van der Waals surface area contributed by atoms with Gasteiger partial charge in [-0.25, -0.2) is 0 Å². The first-order valence-electron chi connectivity index (χ1n) is 9.06. The number of aromatic amines is 1. The fraction of sp³-hybridized carbons (Fsp3) is 0.273. The molecule has 0 fully saturated rings. The Hall–Kier alpha value is -2.92. The number of carbonyl (C=O) groups is 1. The van der Waals surface area contributed by atoms with E-state index >= 15 is 0 Å². The second-order valence-electron chi connectivity index (χ2n) is 7.35. The van der Waals surface area contributed by atoms with Crippen molar-refractivity contribution in [3.63, 3.8) is 0 Å². The molecule has 5 nitrogen and oxygen atoms in total. The van der Waals surface area contributed by atoms with Gasteiger partial charge in [0, 0.05) is 24.6 Å². The van der Waals surface area contributed by atoms with Gasteiger partial charge in [-0.15, -0.1) is 0 Å². The van der Waals surface area contributed by atoms with E-state index in [0.717, 1.165) is 16.8 Å². The van der Waals surface area contributed by atoms with Crippen molar-refractivity contribution in [1.29, 1.82) is 0 Å². The van der Waals surface area contributed by atoms with Gasteiger partial charge in [-0.2, -0.15) is 5.10 Å². The van der Waals surface area contributed by atoms with Crippen molar-refractivity contribution in [1.82, 2.24) is 15.5 Å². The standard InChI is InChI=1S/C22H25N3O2/c1-22(2,15-26)18(16-9-5-3-6-10-16)14-23-21(27)20-13-19(24-25-20)17-11-7-4-8-12-17/h3-13,18,26H,14-15H2,1-2H3,(H,23,27)(H,24,25). The Morgan fingerprint density at radius 2 is 1.74 bits per heavy atom. The average Bonchev–Trinajstić information content (AvgIpc) is 3.20. The van der Waals surface area contributed by atoms with Crippen LogP contribution in [0.4, 0.5) is 0 Å². The number of nitrogens with one attached hydrogen (secondary N) is 2. The Bertz CT molecular complexity index is 873. The molecule has 0 spiro atoms. The number of rotatable bonds is 7. The number of aliphatic hydroxyl groups excluding tert-OH is 1. The molecule has 1 amide bonds. The Labute approximate surface area is 159 Å². The van der Waals surface area contributed by atoms with Crippen LogP contribution in [0, 0.1) is 5.41 Å². The van der Waals surface area contributed by atoms with E-state index in [9.17, 15) is 9.90 Å². The number of nitrogens with zero attached hydrogens (tertiary/aromatic N) is 1. The summed E-state index contributed by atoms with van der Waals surface area (Å²) in [5.41, 5.74) is 2.83. The summed E-state index contributed by atoms with van der Waals surface area (Å²) in [7, 11) is 0. The maximum Gasteiger partial charge on any atom is 0.269 e. The fourth-order valence-electron chi connectivity index (χ4n) is 3.13. The number of amides is 1. The molecular formula is C22H25N3O2. The molecule has 1 atom stereocenters. The zero-order chi connectivity index (χ0) is 19.3. The third kappa shape index (κ3) is 4.44. The summed E-state index contributed by atoms with van der Waals surface area (Å²) < 4.78 is 0. The normalized spacial score (nSPS) is 12.6. The van der Waals surface area contributed by atoms with Crippen molar-refractivity contribution in [3.05, 3.63) is 78.0 Å². The van der Waals surface area contributed by atoms with E-state index < -0.39 is 0 Å². The van der Waals surface area contributed by atoms with Gasteiger partial charge >= 0.3 is 0 Å². The highest BCUT2D eigenvalue weighted by atomic mass is 16.3. The molecule has 0 aliphatic rings. The van der Waals surface area contributed by atoms with Crippen LogP contribution in [-0.2, 0) is 0 Å². The molecule has 5 heteroatoms. The van der Waals surface area contributed by atoms with Gasteiger partial charge in [0.2, 0.25) is 0 Å². The lowest BCUT2D eigenvalue weighted by Gasteiger charge is -2.33. The van der Waals surface area contributed by atoms with Crippen LogP contribution >= 0.6 is 0 Å². The molecule has 0 saturated heterocycles. The van der Waals surface area contributed by atoms with Crippen molar-refractivity contribution >= 4 is 5.91 Å². The van der Waals surface area contributed by atoms with E-state index in [2.05, 4.69) is 15.5 Å².